The Morgan fingerprint density at radius 3 is 1.93 bits per heavy atom. The summed E-state index contributed by atoms with van der Waals surface area (Å²) in [6.45, 7) is 7.97. The van der Waals surface area contributed by atoms with Crippen molar-refractivity contribution in [3.8, 4) is 0 Å². The molecule has 0 amide bonds. The molecule has 1 aliphatic heterocycles. The van der Waals surface area contributed by atoms with Gasteiger partial charge in [0.05, 0.1) is 0 Å². The number of aromatic nitrogens is 3. The van der Waals surface area contributed by atoms with Gasteiger partial charge in [-0.05, 0) is 20.9 Å². The number of nitrogens with zero attached hydrogens (tertiary/aromatic N) is 5. The summed E-state index contributed by atoms with van der Waals surface area (Å²) in [6.07, 6.45) is 0. The second-order valence-corrected chi connectivity index (χ2v) is 4.02. The van der Waals surface area contributed by atoms with E-state index < -0.39 is 0 Å². The van der Waals surface area contributed by atoms with Gasteiger partial charge < -0.3 is 9.80 Å². The molecule has 0 N–H and O–H groups in total. The number of rotatable bonds is 1. The monoisotopic (exact) mass is 207 g/mol. The molecule has 0 unspecified atom stereocenters. The predicted octanol–water partition coefficient (Wildman–Crippen LogP) is 0.240. The molecule has 0 saturated carbocycles. The van der Waals surface area contributed by atoms with Crippen LogP contribution in [0.2, 0.25) is 0 Å². The number of anilines is 1. The molecule has 1 saturated heterocycles. The summed E-state index contributed by atoms with van der Waals surface area (Å²) in [7, 11) is 2.14. The quantitative estimate of drug-likeness (QED) is 0.660. The first-order valence-electron chi connectivity index (χ1n) is 5.28. The van der Waals surface area contributed by atoms with Crippen LogP contribution in [0.15, 0.2) is 0 Å². The van der Waals surface area contributed by atoms with Crippen LogP contribution in [0.4, 0.5) is 5.95 Å². The van der Waals surface area contributed by atoms with Crippen molar-refractivity contribution in [2.45, 2.75) is 13.8 Å². The lowest BCUT2D eigenvalue weighted by Gasteiger charge is -2.32. The van der Waals surface area contributed by atoms with Crippen LogP contribution in [-0.2, 0) is 0 Å². The highest BCUT2D eigenvalue weighted by molar-refractivity contribution is 5.30. The van der Waals surface area contributed by atoms with E-state index in [0.29, 0.717) is 0 Å². The Morgan fingerprint density at radius 1 is 0.867 bits per heavy atom. The maximum Gasteiger partial charge on any atom is 0.228 e. The number of likely N-dealkylation sites (N-methyl/N-ethyl adjacent to an activating group) is 1. The maximum absolute atomic E-state index is 4.37. The number of hydrogen-bond donors (Lipinski definition) is 0. The van der Waals surface area contributed by atoms with Gasteiger partial charge >= 0.3 is 0 Å². The Morgan fingerprint density at radius 2 is 1.40 bits per heavy atom. The zero-order valence-corrected chi connectivity index (χ0v) is 9.56. The molecular weight excluding hydrogens is 190 g/mol. The van der Waals surface area contributed by atoms with Crippen LogP contribution in [0.1, 0.15) is 11.6 Å². The Labute approximate surface area is 90.2 Å². The fourth-order valence-electron chi connectivity index (χ4n) is 1.75. The Balaban J connectivity index is 2.15. The van der Waals surface area contributed by atoms with Crippen molar-refractivity contribution in [1.29, 1.82) is 0 Å². The topological polar surface area (TPSA) is 45.2 Å². The van der Waals surface area contributed by atoms with Crippen LogP contribution in [0.3, 0.4) is 0 Å². The van der Waals surface area contributed by atoms with E-state index in [-0.39, 0.29) is 0 Å². The minimum Gasteiger partial charge on any atom is -0.338 e. The first kappa shape index (κ1) is 10.3. The lowest BCUT2D eigenvalue weighted by molar-refractivity contribution is 0.311. The van der Waals surface area contributed by atoms with Crippen molar-refractivity contribution >= 4 is 5.95 Å². The fourth-order valence-corrected chi connectivity index (χ4v) is 1.75. The number of hydrogen-bond acceptors (Lipinski definition) is 5. The lowest BCUT2D eigenvalue weighted by Crippen LogP contribution is -2.45. The normalized spacial score (nSPS) is 18.2. The molecule has 15 heavy (non-hydrogen) atoms. The second-order valence-electron chi connectivity index (χ2n) is 4.02. The molecule has 0 radical (unpaired) electrons. The minimum absolute atomic E-state index is 0.802. The Bertz CT molecular complexity index is 323. The van der Waals surface area contributed by atoms with Crippen molar-refractivity contribution in [2.24, 2.45) is 0 Å². The van der Waals surface area contributed by atoms with Crippen molar-refractivity contribution in [3.05, 3.63) is 11.6 Å². The van der Waals surface area contributed by atoms with Gasteiger partial charge in [0, 0.05) is 26.2 Å². The second kappa shape index (κ2) is 4.10. The lowest BCUT2D eigenvalue weighted by atomic mass is 10.3. The summed E-state index contributed by atoms with van der Waals surface area (Å²) in [6, 6.07) is 0. The average molecular weight is 207 g/mol. The van der Waals surface area contributed by atoms with Crippen molar-refractivity contribution < 1.29 is 0 Å². The highest BCUT2D eigenvalue weighted by Crippen LogP contribution is 2.10. The summed E-state index contributed by atoms with van der Waals surface area (Å²) in [5.74, 6) is 2.43. The van der Waals surface area contributed by atoms with Crippen LogP contribution in [0.25, 0.3) is 0 Å². The summed E-state index contributed by atoms with van der Waals surface area (Å²) in [5.41, 5.74) is 0. The molecule has 1 fully saturated rings. The smallest absolute Gasteiger partial charge is 0.228 e. The molecule has 1 aliphatic rings. The van der Waals surface area contributed by atoms with E-state index >= 15 is 0 Å². The summed E-state index contributed by atoms with van der Waals surface area (Å²) in [4.78, 5) is 17.5. The van der Waals surface area contributed by atoms with Crippen molar-refractivity contribution in [1.82, 2.24) is 19.9 Å². The van der Waals surface area contributed by atoms with Gasteiger partial charge in [0.15, 0.2) is 0 Å². The molecule has 0 bridgehead atoms. The molecule has 2 rings (SSSR count). The molecular formula is C10H17N5. The summed E-state index contributed by atoms with van der Waals surface area (Å²) in [5, 5.41) is 0. The zero-order chi connectivity index (χ0) is 10.8. The zero-order valence-electron chi connectivity index (χ0n) is 9.56. The third-order valence-electron chi connectivity index (χ3n) is 2.63. The van der Waals surface area contributed by atoms with Crippen LogP contribution in [0, 0.1) is 13.8 Å². The average Bonchev–Trinajstić information content (AvgIpc) is 2.17. The first-order chi connectivity index (χ1) is 7.15. The van der Waals surface area contributed by atoms with Crippen molar-refractivity contribution in [3.63, 3.8) is 0 Å². The molecule has 2 heterocycles. The van der Waals surface area contributed by atoms with E-state index in [9.17, 15) is 0 Å². The molecule has 1 aromatic heterocycles. The number of aryl methyl sites for hydroxylation is 2. The van der Waals surface area contributed by atoms with Crippen molar-refractivity contribution in [2.75, 3.05) is 38.1 Å². The highest BCUT2D eigenvalue weighted by Gasteiger charge is 2.16. The number of piperazine rings is 1. The summed E-state index contributed by atoms with van der Waals surface area (Å²) < 4.78 is 0. The molecule has 0 atom stereocenters. The van der Waals surface area contributed by atoms with E-state index in [1.165, 1.54) is 0 Å². The first-order valence-corrected chi connectivity index (χ1v) is 5.28. The third-order valence-corrected chi connectivity index (χ3v) is 2.63. The minimum atomic E-state index is 0.802. The molecule has 5 nitrogen and oxygen atoms in total. The molecule has 5 heteroatoms. The largest absolute Gasteiger partial charge is 0.338 e. The van der Waals surface area contributed by atoms with Gasteiger partial charge in [-0.15, -0.1) is 0 Å². The Kier molecular flexibility index (Phi) is 2.81. The van der Waals surface area contributed by atoms with E-state index in [1.54, 1.807) is 0 Å². The van der Waals surface area contributed by atoms with Crippen LogP contribution in [-0.4, -0.2) is 53.1 Å². The van der Waals surface area contributed by atoms with Gasteiger partial charge in [-0.2, -0.15) is 9.97 Å². The van der Waals surface area contributed by atoms with Crippen LogP contribution in [0.5, 0.6) is 0 Å². The Hall–Kier alpha value is -1.23. The molecule has 0 spiro atoms. The standard InChI is InChI=1S/C10H17N5/c1-8-11-9(2)13-10(12-8)15-6-4-14(3)5-7-15/h4-7H2,1-3H3. The van der Waals surface area contributed by atoms with Gasteiger partial charge in [0.25, 0.3) is 0 Å². The SMILES string of the molecule is Cc1nc(C)nc(N2CCN(C)CC2)n1. The molecule has 0 aliphatic carbocycles. The fraction of sp³-hybridized carbons (Fsp3) is 0.700. The van der Waals surface area contributed by atoms with Gasteiger partial charge in [0.1, 0.15) is 11.6 Å². The molecule has 1 aromatic rings. The molecule has 82 valence electrons. The van der Waals surface area contributed by atoms with E-state index in [1.807, 2.05) is 13.8 Å². The van der Waals surface area contributed by atoms with E-state index in [0.717, 1.165) is 43.8 Å². The van der Waals surface area contributed by atoms with Gasteiger partial charge in [-0.1, -0.05) is 0 Å². The van der Waals surface area contributed by atoms with Gasteiger partial charge in [-0.3, -0.25) is 0 Å². The third kappa shape index (κ3) is 2.41. The molecule has 0 aromatic carbocycles. The maximum atomic E-state index is 4.37. The van der Waals surface area contributed by atoms with Crippen LogP contribution >= 0.6 is 0 Å². The van der Waals surface area contributed by atoms with E-state index in [2.05, 4.69) is 31.8 Å². The van der Waals surface area contributed by atoms with E-state index in [4.69, 9.17) is 0 Å². The summed E-state index contributed by atoms with van der Waals surface area (Å²) >= 11 is 0. The van der Waals surface area contributed by atoms with Crippen LogP contribution < -0.4 is 4.90 Å². The highest BCUT2D eigenvalue weighted by atomic mass is 15.3. The predicted molar refractivity (Wildman–Crippen MR) is 59.0 cm³/mol. The van der Waals surface area contributed by atoms with Gasteiger partial charge in [0.2, 0.25) is 5.95 Å². The van der Waals surface area contributed by atoms with Gasteiger partial charge in [-0.25, -0.2) is 4.98 Å².